The Kier molecular flexibility index (Phi) is 3.61. The number of nitrogen functional groups attached to an aromatic ring is 2. The Labute approximate surface area is 141 Å². The van der Waals surface area contributed by atoms with Crippen LogP contribution in [-0.4, -0.2) is 14.5 Å². The van der Waals surface area contributed by atoms with E-state index in [-0.39, 0.29) is 11.7 Å². The van der Waals surface area contributed by atoms with Gasteiger partial charge in [0.15, 0.2) is 0 Å². The number of hydrogen-bond donors (Lipinski definition) is 4. The standard InChI is InChI=1S/C16H14IN5/c17-22-13(9-1-3-10(4-2-9)15(18)19)7-11-5-6-12(16(20)21)8-14(11)22/h1-8H,(H3,18,19)(H3,20,21). The van der Waals surface area contributed by atoms with Gasteiger partial charge in [-0.15, -0.1) is 0 Å². The van der Waals surface area contributed by atoms with Crippen LogP contribution in [0, 0.1) is 10.8 Å². The monoisotopic (exact) mass is 403 g/mol. The lowest BCUT2D eigenvalue weighted by Gasteiger charge is -2.05. The summed E-state index contributed by atoms with van der Waals surface area (Å²) in [4.78, 5) is 0. The van der Waals surface area contributed by atoms with E-state index in [1.807, 2.05) is 45.2 Å². The Hall–Kier alpha value is -2.35. The topological polar surface area (TPSA) is 105 Å². The number of fused-ring (bicyclic) bond motifs is 1. The van der Waals surface area contributed by atoms with Crippen molar-refractivity contribution in [2.24, 2.45) is 11.5 Å². The molecule has 3 aromatic rings. The third-order valence-corrected chi connectivity index (χ3v) is 4.59. The maximum absolute atomic E-state index is 7.55. The normalized spacial score (nSPS) is 10.8. The predicted octanol–water partition coefficient (Wildman–Crippen LogP) is 3.07. The summed E-state index contributed by atoms with van der Waals surface area (Å²) in [5.41, 5.74) is 15.6. The van der Waals surface area contributed by atoms with Crippen molar-refractivity contribution in [1.29, 1.82) is 10.8 Å². The van der Waals surface area contributed by atoms with Gasteiger partial charge in [-0.2, -0.15) is 0 Å². The smallest absolute Gasteiger partial charge is 0.122 e. The first-order valence-corrected chi connectivity index (χ1v) is 7.55. The van der Waals surface area contributed by atoms with Gasteiger partial charge < -0.3 is 11.5 Å². The van der Waals surface area contributed by atoms with Crippen LogP contribution in [0.4, 0.5) is 0 Å². The minimum atomic E-state index is 0.0619. The molecule has 110 valence electrons. The molecule has 1 aromatic heterocycles. The Morgan fingerprint density at radius 2 is 1.45 bits per heavy atom. The lowest BCUT2D eigenvalue weighted by Crippen LogP contribution is -2.10. The fourth-order valence-corrected chi connectivity index (χ4v) is 3.19. The lowest BCUT2D eigenvalue weighted by molar-refractivity contribution is 1.39. The summed E-state index contributed by atoms with van der Waals surface area (Å²) >= 11 is 2.24. The molecule has 0 atom stereocenters. The second kappa shape index (κ2) is 5.45. The van der Waals surface area contributed by atoms with Gasteiger partial charge in [0.1, 0.15) is 11.7 Å². The number of hydrogen-bond acceptors (Lipinski definition) is 2. The number of halogens is 1. The van der Waals surface area contributed by atoms with Gasteiger partial charge in [-0.1, -0.05) is 36.4 Å². The summed E-state index contributed by atoms with van der Waals surface area (Å²) < 4.78 is 2.04. The molecular weight excluding hydrogens is 389 g/mol. The van der Waals surface area contributed by atoms with Gasteiger partial charge >= 0.3 is 0 Å². The van der Waals surface area contributed by atoms with Crippen LogP contribution in [-0.2, 0) is 0 Å². The van der Waals surface area contributed by atoms with E-state index in [4.69, 9.17) is 22.3 Å². The van der Waals surface area contributed by atoms with Crippen LogP contribution in [0.15, 0.2) is 48.5 Å². The number of benzene rings is 2. The number of nitrogens with zero attached hydrogens (tertiary/aromatic N) is 1. The first-order chi connectivity index (χ1) is 10.5. The molecule has 0 aliphatic rings. The molecule has 1 heterocycles. The van der Waals surface area contributed by atoms with Gasteiger partial charge in [-0.05, 0) is 17.7 Å². The van der Waals surface area contributed by atoms with Crippen LogP contribution in [0.3, 0.4) is 0 Å². The first-order valence-electron chi connectivity index (χ1n) is 6.58. The first kappa shape index (κ1) is 14.6. The van der Waals surface area contributed by atoms with Crippen molar-refractivity contribution in [2.75, 3.05) is 0 Å². The molecule has 22 heavy (non-hydrogen) atoms. The molecule has 0 amide bonds. The zero-order valence-electron chi connectivity index (χ0n) is 11.6. The van der Waals surface area contributed by atoms with Gasteiger partial charge in [-0.3, -0.25) is 13.6 Å². The maximum atomic E-state index is 7.55. The van der Waals surface area contributed by atoms with E-state index in [0.29, 0.717) is 11.1 Å². The second-order valence-electron chi connectivity index (χ2n) is 4.99. The highest BCUT2D eigenvalue weighted by Crippen LogP contribution is 2.31. The minimum Gasteiger partial charge on any atom is -0.384 e. The van der Waals surface area contributed by atoms with Crippen LogP contribution < -0.4 is 11.5 Å². The van der Waals surface area contributed by atoms with E-state index < -0.39 is 0 Å². The highest BCUT2D eigenvalue weighted by atomic mass is 127. The molecule has 0 aliphatic heterocycles. The molecule has 0 spiro atoms. The summed E-state index contributed by atoms with van der Waals surface area (Å²) in [5, 5.41) is 16.1. The van der Waals surface area contributed by atoms with Crippen molar-refractivity contribution < 1.29 is 0 Å². The average Bonchev–Trinajstić information content (AvgIpc) is 2.84. The Morgan fingerprint density at radius 3 is 2.05 bits per heavy atom. The van der Waals surface area contributed by atoms with Crippen molar-refractivity contribution in [1.82, 2.24) is 2.78 Å². The average molecular weight is 403 g/mol. The highest BCUT2D eigenvalue weighted by Gasteiger charge is 2.10. The Bertz CT molecular complexity index is 893. The molecule has 0 fully saturated rings. The quantitative estimate of drug-likeness (QED) is 0.307. The van der Waals surface area contributed by atoms with Crippen molar-refractivity contribution >= 4 is 45.4 Å². The number of rotatable bonds is 3. The van der Waals surface area contributed by atoms with E-state index in [0.717, 1.165) is 22.2 Å². The van der Waals surface area contributed by atoms with Crippen LogP contribution in [0.2, 0.25) is 0 Å². The van der Waals surface area contributed by atoms with E-state index in [9.17, 15) is 0 Å². The summed E-state index contributed by atoms with van der Waals surface area (Å²) in [6, 6.07) is 15.4. The maximum Gasteiger partial charge on any atom is 0.122 e. The number of aromatic nitrogens is 1. The van der Waals surface area contributed by atoms with Gasteiger partial charge in [0.25, 0.3) is 0 Å². The summed E-state index contributed by atoms with van der Waals surface area (Å²) in [7, 11) is 0. The SMILES string of the molecule is N=C(N)c1ccc(-c2cc3ccc(C(=N)N)cc3n2I)cc1. The largest absolute Gasteiger partial charge is 0.384 e. The molecule has 0 radical (unpaired) electrons. The van der Waals surface area contributed by atoms with Gasteiger partial charge in [0, 0.05) is 16.5 Å². The second-order valence-corrected chi connectivity index (χ2v) is 5.95. The lowest BCUT2D eigenvalue weighted by atomic mass is 10.1. The Morgan fingerprint density at radius 1 is 0.864 bits per heavy atom. The molecule has 3 rings (SSSR count). The van der Waals surface area contributed by atoms with Crippen molar-refractivity contribution in [3.05, 3.63) is 59.7 Å². The molecule has 0 saturated heterocycles. The zero-order chi connectivity index (χ0) is 15.9. The van der Waals surface area contributed by atoms with Gasteiger partial charge in [-0.25, -0.2) is 0 Å². The fourth-order valence-electron chi connectivity index (χ4n) is 2.35. The summed E-state index contributed by atoms with van der Waals surface area (Å²) in [6.45, 7) is 0. The van der Waals surface area contributed by atoms with E-state index >= 15 is 0 Å². The molecule has 2 aromatic carbocycles. The molecule has 0 unspecified atom stereocenters. The number of nitrogens with two attached hydrogens (primary N) is 2. The molecule has 0 saturated carbocycles. The van der Waals surface area contributed by atoms with Gasteiger partial charge in [0.05, 0.1) is 34.1 Å². The van der Waals surface area contributed by atoms with E-state index in [1.165, 1.54) is 0 Å². The number of nitrogens with one attached hydrogen (secondary N) is 2. The Balaban J connectivity index is 2.13. The third-order valence-electron chi connectivity index (χ3n) is 3.55. The van der Waals surface area contributed by atoms with Crippen LogP contribution in [0.5, 0.6) is 0 Å². The van der Waals surface area contributed by atoms with Crippen LogP contribution in [0.1, 0.15) is 11.1 Å². The zero-order valence-corrected chi connectivity index (χ0v) is 13.8. The van der Waals surface area contributed by atoms with Crippen LogP contribution in [0.25, 0.3) is 22.2 Å². The third kappa shape index (κ3) is 2.45. The van der Waals surface area contributed by atoms with Crippen molar-refractivity contribution in [2.45, 2.75) is 0 Å². The van der Waals surface area contributed by atoms with E-state index in [2.05, 4.69) is 28.9 Å². The summed E-state index contributed by atoms with van der Waals surface area (Å²) in [6.07, 6.45) is 0. The predicted molar refractivity (Wildman–Crippen MR) is 98.8 cm³/mol. The van der Waals surface area contributed by atoms with E-state index in [1.54, 1.807) is 0 Å². The van der Waals surface area contributed by atoms with Gasteiger partial charge in [0.2, 0.25) is 0 Å². The molecule has 0 aliphatic carbocycles. The molecule has 6 N–H and O–H groups in total. The molecule has 0 bridgehead atoms. The van der Waals surface area contributed by atoms with Crippen LogP contribution >= 0.6 is 22.9 Å². The molecule has 6 heteroatoms. The molecular formula is C16H14IN5. The van der Waals surface area contributed by atoms with Crippen molar-refractivity contribution in [3.8, 4) is 11.3 Å². The number of amidine groups is 2. The van der Waals surface area contributed by atoms with Crippen molar-refractivity contribution in [3.63, 3.8) is 0 Å². The highest BCUT2D eigenvalue weighted by molar-refractivity contribution is 14.1. The molecule has 5 nitrogen and oxygen atoms in total. The summed E-state index contributed by atoms with van der Waals surface area (Å²) in [5.74, 6) is 0.125. The minimum absolute atomic E-state index is 0.0619. The fraction of sp³-hybridized carbons (Fsp3) is 0.